The molecule has 27 heavy (non-hydrogen) atoms. The molecule has 3 N–H and O–H groups in total. The summed E-state index contributed by atoms with van der Waals surface area (Å²) in [5, 5.41) is 27.2. The van der Waals surface area contributed by atoms with Crippen LogP contribution in [-0.2, 0) is 23.9 Å². The van der Waals surface area contributed by atoms with Gasteiger partial charge in [0.15, 0.2) is 6.10 Å². The third-order valence-electron chi connectivity index (χ3n) is 3.98. The van der Waals surface area contributed by atoms with E-state index in [-0.39, 0.29) is 13.0 Å². The molecule has 0 aromatic heterocycles. The summed E-state index contributed by atoms with van der Waals surface area (Å²) in [7, 11) is 0. The highest BCUT2D eigenvalue weighted by Crippen LogP contribution is 2.10. The SMILES string of the molecule is CCCCCCCCCCCC(=O)OCC(O)COC(=O)C(O)CC(=O)O. The van der Waals surface area contributed by atoms with E-state index in [4.69, 9.17) is 9.84 Å². The summed E-state index contributed by atoms with van der Waals surface area (Å²) in [6.07, 6.45) is 6.79. The minimum Gasteiger partial charge on any atom is -0.481 e. The Kier molecular flexibility index (Phi) is 15.5. The highest BCUT2D eigenvalue weighted by atomic mass is 16.6. The number of carbonyl (C=O) groups is 3. The van der Waals surface area contributed by atoms with Gasteiger partial charge >= 0.3 is 17.9 Å². The van der Waals surface area contributed by atoms with Crippen LogP contribution in [0.15, 0.2) is 0 Å². The zero-order valence-electron chi connectivity index (χ0n) is 16.2. The Morgan fingerprint density at radius 2 is 1.33 bits per heavy atom. The molecule has 0 saturated heterocycles. The fourth-order valence-corrected chi connectivity index (χ4v) is 2.41. The summed E-state index contributed by atoms with van der Waals surface area (Å²) in [4.78, 5) is 33.2. The van der Waals surface area contributed by atoms with Gasteiger partial charge in [-0.15, -0.1) is 0 Å². The Hall–Kier alpha value is -1.67. The number of carboxylic acids is 1. The smallest absolute Gasteiger partial charge is 0.335 e. The van der Waals surface area contributed by atoms with Crippen molar-refractivity contribution >= 4 is 17.9 Å². The molecular weight excluding hydrogens is 356 g/mol. The van der Waals surface area contributed by atoms with Crippen molar-refractivity contribution in [3.63, 3.8) is 0 Å². The Balaban J connectivity index is 3.60. The molecular formula is C19H34O8. The third kappa shape index (κ3) is 16.2. The highest BCUT2D eigenvalue weighted by Gasteiger charge is 2.21. The summed E-state index contributed by atoms with van der Waals surface area (Å²) < 4.78 is 9.46. The number of aliphatic hydroxyl groups excluding tert-OH is 2. The molecule has 0 aromatic rings. The lowest BCUT2D eigenvalue weighted by Crippen LogP contribution is -2.31. The van der Waals surface area contributed by atoms with Crippen molar-refractivity contribution in [3.8, 4) is 0 Å². The van der Waals surface area contributed by atoms with Gasteiger partial charge in [0.2, 0.25) is 0 Å². The van der Waals surface area contributed by atoms with Gasteiger partial charge in [0, 0.05) is 6.42 Å². The minimum atomic E-state index is -1.79. The Bertz CT molecular complexity index is 424. The van der Waals surface area contributed by atoms with Crippen LogP contribution in [0.2, 0.25) is 0 Å². The number of carbonyl (C=O) groups excluding carboxylic acids is 2. The number of carboxylic acid groups (broad SMARTS) is 1. The van der Waals surface area contributed by atoms with Gasteiger partial charge in [-0.2, -0.15) is 0 Å². The number of hydrogen-bond acceptors (Lipinski definition) is 7. The van der Waals surface area contributed by atoms with Gasteiger partial charge < -0.3 is 24.8 Å². The molecule has 0 amide bonds. The third-order valence-corrected chi connectivity index (χ3v) is 3.98. The number of ether oxygens (including phenoxy) is 2. The Morgan fingerprint density at radius 3 is 1.89 bits per heavy atom. The number of aliphatic hydroxyl groups is 2. The Morgan fingerprint density at radius 1 is 0.815 bits per heavy atom. The van der Waals surface area contributed by atoms with Gasteiger partial charge in [-0.05, 0) is 6.42 Å². The second-order valence-electron chi connectivity index (χ2n) is 6.66. The molecule has 2 atom stereocenters. The van der Waals surface area contributed by atoms with E-state index in [1.54, 1.807) is 0 Å². The van der Waals surface area contributed by atoms with Crippen LogP contribution in [0.1, 0.15) is 77.6 Å². The molecule has 0 aliphatic carbocycles. The average molecular weight is 390 g/mol. The topological polar surface area (TPSA) is 130 Å². The van der Waals surface area contributed by atoms with E-state index in [1.165, 1.54) is 38.5 Å². The van der Waals surface area contributed by atoms with Crippen molar-refractivity contribution in [3.05, 3.63) is 0 Å². The summed E-state index contributed by atoms with van der Waals surface area (Å²) in [5.41, 5.74) is 0. The van der Waals surface area contributed by atoms with Gasteiger partial charge in [0.1, 0.15) is 19.3 Å². The van der Waals surface area contributed by atoms with E-state index in [2.05, 4.69) is 11.7 Å². The molecule has 0 aliphatic heterocycles. The first-order valence-electron chi connectivity index (χ1n) is 9.77. The number of unbranched alkanes of at least 4 members (excludes halogenated alkanes) is 8. The van der Waals surface area contributed by atoms with Crippen molar-refractivity contribution in [2.45, 2.75) is 89.8 Å². The molecule has 0 heterocycles. The van der Waals surface area contributed by atoms with Gasteiger partial charge in [-0.25, -0.2) is 4.79 Å². The van der Waals surface area contributed by atoms with Gasteiger partial charge in [0.05, 0.1) is 6.42 Å². The first kappa shape index (κ1) is 25.3. The van der Waals surface area contributed by atoms with Crippen molar-refractivity contribution in [1.82, 2.24) is 0 Å². The van der Waals surface area contributed by atoms with Crippen LogP contribution in [0.25, 0.3) is 0 Å². The summed E-state index contributed by atoms with van der Waals surface area (Å²) in [6, 6.07) is 0. The van der Waals surface area contributed by atoms with E-state index in [1.807, 2.05) is 0 Å². The maximum absolute atomic E-state index is 11.6. The summed E-state index contributed by atoms with van der Waals surface area (Å²) in [5.74, 6) is -2.91. The highest BCUT2D eigenvalue weighted by molar-refractivity contribution is 5.80. The maximum atomic E-state index is 11.6. The Labute approximate surface area is 160 Å². The zero-order valence-corrected chi connectivity index (χ0v) is 16.2. The molecule has 0 fully saturated rings. The van der Waals surface area contributed by atoms with E-state index < -0.39 is 43.1 Å². The fourth-order valence-electron chi connectivity index (χ4n) is 2.41. The molecule has 0 aromatic carbocycles. The molecule has 8 heteroatoms. The van der Waals surface area contributed by atoms with Gasteiger partial charge in [-0.1, -0.05) is 58.3 Å². The molecule has 0 spiro atoms. The molecule has 0 aliphatic rings. The van der Waals surface area contributed by atoms with Crippen LogP contribution in [-0.4, -0.2) is 58.6 Å². The predicted octanol–water partition coefficient (Wildman–Crippen LogP) is 2.19. The van der Waals surface area contributed by atoms with Crippen molar-refractivity contribution in [2.75, 3.05) is 13.2 Å². The predicted molar refractivity (Wildman–Crippen MR) is 98.0 cm³/mol. The van der Waals surface area contributed by atoms with Crippen LogP contribution >= 0.6 is 0 Å². The van der Waals surface area contributed by atoms with Crippen molar-refractivity contribution in [2.24, 2.45) is 0 Å². The van der Waals surface area contributed by atoms with Crippen LogP contribution < -0.4 is 0 Å². The number of esters is 2. The molecule has 0 rings (SSSR count). The van der Waals surface area contributed by atoms with Crippen LogP contribution in [0.5, 0.6) is 0 Å². The van der Waals surface area contributed by atoms with Crippen LogP contribution in [0.3, 0.4) is 0 Å². The number of aliphatic carboxylic acids is 1. The molecule has 2 unspecified atom stereocenters. The molecule has 158 valence electrons. The molecule has 8 nitrogen and oxygen atoms in total. The van der Waals surface area contributed by atoms with E-state index in [0.29, 0.717) is 0 Å². The lowest BCUT2D eigenvalue weighted by molar-refractivity contribution is -0.162. The van der Waals surface area contributed by atoms with E-state index in [9.17, 15) is 24.6 Å². The first-order chi connectivity index (χ1) is 12.9. The fraction of sp³-hybridized carbons (Fsp3) is 0.842. The maximum Gasteiger partial charge on any atom is 0.335 e. The van der Waals surface area contributed by atoms with Gasteiger partial charge in [-0.3, -0.25) is 9.59 Å². The van der Waals surface area contributed by atoms with E-state index >= 15 is 0 Å². The standard InChI is InChI=1S/C19H34O8/c1-2-3-4-5-6-7-8-9-10-11-18(24)26-13-15(20)14-27-19(25)16(21)12-17(22)23/h15-16,20-21H,2-14H2,1H3,(H,22,23). The average Bonchev–Trinajstić information content (AvgIpc) is 2.62. The second-order valence-corrected chi connectivity index (χ2v) is 6.66. The lowest BCUT2D eigenvalue weighted by atomic mass is 10.1. The quantitative estimate of drug-likeness (QED) is 0.254. The minimum absolute atomic E-state index is 0.277. The largest absolute Gasteiger partial charge is 0.481 e. The first-order valence-corrected chi connectivity index (χ1v) is 9.77. The molecule has 0 radical (unpaired) electrons. The van der Waals surface area contributed by atoms with Crippen molar-refractivity contribution < 1.29 is 39.2 Å². The number of hydrogen-bond donors (Lipinski definition) is 3. The molecule has 0 bridgehead atoms. The second kappa shape index (κ2) is 16.5. The summed E-state index contributed by atoms with van der Waals surface area (Å²) in [6.45, 7) is 1.39. The zero-order chi connectivity index (χ0) is 20.5. The van der Waals surface area contributed by atoms with Crippen LogP contribution in [0.4, 0.5) is 0 Å². The normalized spacial score (nSPS) is 13.0. The van der Waals surface area contributed by atoms with Crippen LogP contribution in [0, 0.1) is 0 Å². The summed E-state index contributed by atoms with van der Waals surface area (Å²) >= 11 is 0. The number of rotatable bonds is 17. The van der Waals surface area contributed by atoms with Gasteiger partial charge in [0.25, 0.3) is 0 Å². The monoisotopic (exact) mass is 390 g/mol. The van der Waals surface area contributed by atoms with Crippen molar-refractivity contribution in [1.29, 1.82) is 0 Å². The molecule has 0 saturated carbocycles. The lowest BCUT2D eigenvalue weighted by Gasteiger charge is -2.13. The van der Waals surface area contributed by atoms with E-state index in [0.717, 1.165) is 19.3 Å².